The summed E-state index contributed by atoms with van der Waals surface area (Å²) in [7, 11) is -3.88. The van der Waals surface area contributed by atoms with Crippen molar-refractivity contribution in [2.75, 3.05) is 4.72 Å². The number of carbonyl (C=O) groups excluding carboxylic acids is 1. The highest BCUT2D eigenvalue weighted by atomic mass is 35.5. The molecule has 0 saturated heterocycles. The topological polar surface area (TPSA) is 80.5 Å². The first-order valence-electron chi connectivity index (χ1n) is 9.53. The molecule has 3 aromatic carbocycles. The number of anilines is 1. The summed E-state index contributed by atoms with van der Waals surface area (Å²) in [5.41, 5.74) is 1.53. The van der Waals surface area contributed by atoms with Crippen molar-refractivity contribution in [3.63, 3.8) is 0 Å². The molecule has 0 bridgehead atoms. The Labute approximate surface area is 192 Å². The van der Waals surface area contributed by atoms with Gasteiger partial charge in [0.2, 0.25) is 0 Å². The zero-order valence-corrected chi connectivity index (χ0v) is 19.1. The minimum atomic E-state index is -3.88. The number of halogens is 2. The predicted octanol–water partition coefficient (Wildman–Crippen LogP) is 5.06. The molecule has 1 aromatic heterocycles. The molecule has 4 rings (SSSR count). The minimum absolute atomic E-state index is 0.0666. The van der Waals surface area contributed by atoms with E-state index in [-0.39, 0.29) is 10.6 Å². The summed E-state index contributed by atoms with van der Waals surface area (Å²) in [5, 5.41) is 0.610. The SMILES string of the molecule is CCn1c(=NC(=O)c2ccc(NS(=O)(=O)c3ccc(F)cc3)cc2)sc2cc(Cl)ccc21. The van der Waals surface area contributed by atoms with E-state index in [1.165, 1.54) is 47.7 Å². The maximum absolute atomic E-state index is 13.0. The van der Waals surface area contributed by atoms with Crippen LogP contribution in [0.5, 0.6) is 0 Å². The van der Waals surface area contributed by atoms with Crippen molar-refractivity contribution >= 4 is 54.8 Å². The molecule has 0 saturated carbocycles. The number of amides is 1. The van der Waals surface area contributed by atoms with Crippen molar-refractivity contribution in [1.29, 1.82) is 0 Å². The zero-order chi connectivity index (χ0) is 22.9. The predicted molar refractivity (Wildman–Crippen MR) is 124 cm³/mol. The van der Waals surface area contributed by atoms with Crippen LogP contribution in [0.1, 0.15) is 17.3 Å². The summed E-state index contributed by atoms with van der Waals surface area (Å²) >= 11 is 7.43. The minimum Gasteiger partial charge on any atom is -0.317 e. The summed E-state index contributed by atoms with van der Waals surface area (Å²) in [6, 6.07) is 16.0. The van der Waals surface area contributed by atoms with Crippen LogP contribution < -0.4 is 9.52 Å². The Morgan fingerprint density at radius 3 is 2.44 bits per heavy atom. The lowest BCUT2D eigenvalue weighted by Gasteiger charge is -2.08. The largest absolute Gasteiger partial charge is 0.317 e. The fourth-order valence-electron chi connectivity index (χ4n) is 3.10. The van der Waals surface area contributed by atoms with Gasteiger partial charge in [0.15, 0.2) is 4.80 Å². The molecule has 32 heavy (non-hydrogen) atoms. The Balaban J connectivity index is 1.59. The first-order valence-corrected chi connectivity index (χ1v) is 12.2. The molecule has 1 heterocycles. The van der Waals surface area contributed by atoms with Gasteiger partial charge in [0.05, 0.1) is 15.1 Å². The van der Waals surface area contributed by atoms with Crippen molar-refractivity contribution in [3.05, 3.63) is 87.9 Å². The number of thiazole rings is 1. The zero-order valence-electron chi connectivity index (χ0n) is 16.7. The number of fused-ring (bicyclic) bond motifs is 1. The number of aromatic nitrogens is 1. The number of aryl methyl sites for hydroxylation is 1. The van der Waals surface area contributed by atoms with Gasteiger partial charge in [-0.3, -0.25) is 9.52 Å². The van der Waals surface area contributed by atoms with Crippen LogP contribution in [-0.2, 0) is 16.6 Å². The second-order valence-electron chi connectivity index (χ2n) is 6.79. The van der Waals surface area contributed by atoms with Crippen molar-refractivity contribution < 1.29 is 17.6 Å². The van der Waals surface area contributed by atoms with Gasteiger partial charge in [-0.05, 0) is 73.7 Å². The molecule has 164 valence electrons. The summed E-state index contributed by atoms with van der Waals surface area (Å²) in [6.07, 6.45) is 0. The lowest BCUT2D eigenvalue weighted by Crippen LogP contribution is -2.16. The Morgan fingerprint density at radius 2 is 1.78 bits per heavy atom. The van der Waals surface area contributed by atoms with Crippen molar-refractivity contribution in [2.24, 2.45) is 4.99 Å². The fraction of sp³-hybridized carbons (Fsp3) is 0.0909. The summed E-state index contributed by atoms with van der Waals surface area (Å²) in [5.74, 6) is -0.973. The quantitative estimate of drug-likeness (QED) is 0.425. The molecule has 0 aliphatic rings. The van der Waals surface area contributed by atoms with Crippen LogP contribution in [0.15, 0.2) is 76.6 Å². The lowest BCUT2D eigenvalue weighted by atomic mass is 10.2. The maximum atomic E-state index is 13.0. The Hall–Kier alpha value is -3.01. The molecule has 0 aliphatic carbocycles. The lowest BCUT2D eigenvalue weighted by molar-refractivity contribution is 0.0998. The first kappa shape index (κ1) is 22.2. The summed E-state index contributed by atoms with van der Waals surface area (Å²) in [4.78, 5) is 17.4. The van der Waals surface area contributed by atoms with Gasteiger partial charge in [-0.25, -0.2) is 12.8 Å². The van der Waals surface area contributed by atoms with Crippen LogP contribution in [0.4, 0.5) is 10.1 Å². The number of hydrogen-bond donors (Lipinski definition) is 1. The van der Waals surface area contributed by atoms with Crippen LogP contribution in [0, 0.1) is 5.82 Å². The number of benzene rings is 3. The molecule has 0 aliphatic heterocycles. The maximum Gasteiger partial charge on any atom is 0.279 e. The molecule has 0 atom stereocenters. The van der Waals surface area contributed by atoms with Crippen molar-refractivity contribution in [3.8, 4) is 0 Å². The second-order valence-corrected chi connectivity index (χ2v) is 9.92. The van der Waals surface area contributed by atoms with Gasteiger partial charge in [0, 0.05) is 22.8 Å². The molecule has 6 nitrogen and oxygen atoms in total. The van der Waals surface area contributed by atoms with E-state index < -0.39 is 21.7 Å². The van der Waals surface area contributed by atoms with E-state index in [0.29, 0.717) is 21.9 Å². The summed E-state index contributed by atoms with van der Waals surface area (Å²) in [6.45, 7) is 2.60. The first-order chi connectivity index (χ1) is 15.3. The van der Waals surface area contributed by atoms with Gasteiger partial charge in [0.1, 0.15) is 5.82 Å². The number of sulfonamides is 1. The fourth-order valence-corrected chi connectivity index (χ4v) is 5.53. The average molecular weight is 490 g/mol. The Morgan fingerprint density at radius 1 is 1.09 bits per heavy atom. The van der Waals surface area contributed by atoms with E-state index in [1.807, 2.05) is 23.6 Å². The molecule has 0 unspecified atom stereocenters. The van der Waals surface area contributed by atoms with Crippen LogP contribution in [-0.4, -0.2) is 18.9 Å². The third-order valence-electron chi connectivity index (χ3n) is 4.67. The highest BCUT2D eigenvalue weighted by molar-refractivity contribution is 7.92. The van der Waals surface area contributed by atoms with Gasteiger partial charge in [-0.2, -0.15) is 4.99 Å². The standard InChI is InChI=1S/C22H17ClFN3O3S2/c1-2-27-19-12-5-15(23)13-20(19)31-22(27)25-21(28)14-3-8-17(9-4-14)26-32(29,30)18-10-6-16(24)7-11-18/h3-13,26H,2H2,1H3. The number of hydrogen-bond acceptors (Lipinski definition) is 4. The smallest absolute Gasteiger partial charge is 0.279 e. The van der Waals surface area contributed by atoms with Crippen molar-refractivity contribution in [1.82, 2.24) is 4.57 Å². The second kappa shape index (κ2) is 8.85. The number of nitrogens with one attached hydrogen (secondary N) is 1. The van der Waals surface area contributed by atoms with Crippen LogP contribution in [0.2, 0.25) is 5.02 Å². The molecule has 10 heteroatoms. The average Bonchev–Trinajstić information content (AvgIpc) is 3.10. The highest BCUT2D eigenvalue weighted by Crippen LogP contribution is 2.22. The molecular weight excluding hydrogens is 473 g/mol. The number of rotatable bonds is 5. The van der Waals surface area contributed by atoms with Gasteiger partial charge < -0.3 is 4.57 Å². The van der Waals surface area contributed by atoms with Gasteiger partial charge in [-0.1, -0.05) is 22.9 Å². The van der Waals surface area contributed by atoms with E-state index in [0.717, 1.165) is 22.3 Å². The highest BCUT2D eigenvalue weighted by Gasteiger charge is 2.15. The van der Waals surface area contributed by atoms with Crippen LogP contribution in [0.25, 0.3) is 10.2 Å². The monoisotopic (exact) mass is 489 g/mol. The molecule has 4 aromatic rings. The van der Waals surface area contributed by atoms with E-state index in [1.54, 1.807) is 6.07 Å². The van der Waals surface area contributed by atoms with E-state index in [4.69, 9.17) is 11.6 Å². The molecule has 1 N–H and O–H groups in total. The summed E-state index contributed by atoms with van der Waals surface area (Å²) < 4.78 is 43.1. The van der Waals surface area contributed by atoms with Gasteiger partial charge >= 0.3 is 0 Å². The van der Waals surface area contributed by atoms with E-state index in [9.17, 15) is 17.6 Å². The van der Waals surface area contributed by atoms with Crippen molar-refractivity contribution in [2.45, 2.75) is 18.4 Å². The number of carbonyl (C=O) groups is 1. The molecule has 1 amide bonds. The van der Waals surface area contributed by atoms with E-state index in [2.05, 4.69) is 9.71 Å². The molecule has 0 spiro atoms. The molecule has 0 fully saturated rings. The third-order valence-corrected chi connectivity index (χ3v) is 7.34. The normalized spacial score (nSPS) is 12.3. The van der Waals surface area contributed by atoms with Gasteiger partial charge in [-0.15, -0.1) is 0 Å². The Bertz CT molecular complexity index is 1480. The van der Waals surface area contributed by atoms with Crippen LogP contribution in [0.3, 0.4) is 0 Å². The molecular formula is C22H17ClFN3O3S2. The van der Waals surface area contributed by atoms with E-state index >= 15 is 0 Å². The van der Waals surface area contributed by atoms with Crippen LogP contribution >= 0.6 is 22.9 Å². The number of nitrogens with zero attached hydrogens (tertiary/aromatic N) is 2. The van der Waals surface area contributed by atoms with Gasteiger partial charge in [0.25, 0.3) is 15.9 Å². The third kappa shape index (κ3) is 4.59. The molecule has 0 radical (unpaired) electrons. The Kier molecular flexibility index (Phi) is 6.14.